The Hall–Kier alpha value is -7.63. The molecule has 0 radical (unpaired) electrons. The lowest BCUT2D eigenvalue weighted by molar-refractivity contribution is -0.129. The fourth-order valence-corrected chi connectivity index (χ4v) is 9.52. The number of pyridine rings is 2. The van der Waals surface area contributed by atoms with Crippen LogP contribution in [0.2, 0.25) is 0 Å². The van der Waals surface area contributed by atoms with Crippen LogP contribution in [0.4, 0.5) is 20.3 Å². The first kappa shape index (κ1) is 49.8. The maximum absolute atomic E-state index is 14.8. The van der Waals surface area contributed by atoms with E-state index in [9.17, 15) is 33.2 Å². The minimum absolute atomic E-state index is 0.0577. The molecule has 2 saturated heterocycles. The molecule has 3 aliphatic rings. The highest BCUT2D eigenvalue weighted by Gasteiger charge is 2.39. The molecule has 1 unspecified atom stereocenters. The summed E-state index contributed by atoms with van der Waals surface area (Å²) < 4.78 is 42.5. The molecule has 2 fully saturated rings. The summed E-state index contributed by atoms with van der Waals surface area (Å²) >= 11 is 0. The summed E-state index contributed by atoms with van der Waals surface area (Å²) in [7, 11) is 0. The predicted octanol–water partition coefficient (Wildman–Crippen LogP) is 4.34. The van der Waals surface area contributed by atoms with Crippen LogP contribution in [-0.4, -0.2) is 132 Å². The fraction of sp³-hybridized carbons (Fsp3) is 0.392. The second kappa shape index (κ2) is 22.4. The van der Waals surface area contributed by atoms with E-state index in [1.807, 2.05) is 50.2 Å². The lowest BCUT2D eigenvalue weighted by Crippen LogP contribution is -2.58. The Balaban J connectivity index is 0.831. The van der Waals surface area contributed by atoms with E-state index in [-0.39, 0.29) is 19.1 Å². The third kappa shape index (κ3) is 11.4. The lowest BCUT2D eigenvalue weighted by Gasteiger charge is -2.42. The van der Waals surface area contributed by atoms with E-state index < -0.39 is 40.6 Å². The topological polar surface area (TPSA) is 216 Å². The summed E-state index contributed by atoms with van der Waals surface area (Å²) in [6, 6.07) is 15.8. The molecule has 5 N–H and O–H groups in total. The number of carbonyl (C=O) groups excluding carboxylic acids is 4. The van der Waals surface area contributed by atoms with Crippen molar-refractivity contribution >= 4 is 41.2 Å². The van der Waals surface area contributed by atoms with Crippen molar-refractivity contribution in [3.63, 3.8) is 0 Å². The molecule has 6 heterocycles. The lowest BCUT2D eigenvalue weighted by atomic mass is 9.87. The number of nitriles is 1. The van der Waals surface area contributed by atoms with Crippen molar-refractivity contribution in [3.05, 3.63) is 119 Å². The summed E-state index contributed by atoms with van der Waals surface area (Å²) in [5, 5.41) is 22.6. The van der Waals surface area contributed by atoms with Crippen LogP contribution in [-0.2, 0) is 20.9 Å². The number of anilines is 2. The molecular weight excluding hydrogens is 915 g/mol. The standard InChI is InChI=1S/C51H58F2N12O6/c1-3-5-45(49(68)58-33-66)64-29-35-22-39(8-9-41(35)50(64)69)62-20-18-61(19-21-62)17-14-56-28-38(55)31-70-32-51(60-48(67)43-23-37(52)7-10-44(43)53)12-15-63(16-13-51)46-11-6-34(26-57-46)42-24-40(71-4-2)30-65-47(42)36(25-54)27-59-65/h6-11,22-24,26-28,30,33,45,56H,3-5,12-21,29,31-32,55H2,1-2H3,(H,60,67)(H,58,66,68)/b38-28-. The molecule has 71 heavy (non-hydrogen) atoms. The summed E-state index contributed by atoms with van der Waals surface area (Å²) in [6.45, 7) is 10.3. The molecule has 2 aromatic carbocycles. The molecule has 3 aliphatic heterocycles. The molecule has 20 heteroatoms. The Morgan fingerprint density at radius 3 is 2.51 bits per heavy atom. The first-order chi connectivity index (χ1) is 34.4. The van der Waals surface area contributed by atoms with Gasteiger partial charge in [-0.15, -0.1) is 0 Å². The number of nitrogens with one attached hydrogen (secondary N) is 3. The Labute approximate surface area is 410 Å². The van der Waals surface area contributed by atoms with Gasteiger partial charge in [-0.25, -0.2) is 18.3 Å². The van der Waals surface area contributed by atoms with Crippen LogP contribution in [0.1, 0.15) is 71.4 Å². The first-order valence-electron chi connectivity index (χ1n) is 23.9. The summed E-state index contributed by atoms with van der Waals surface area (Å²) in [5.41, 5.74) is 10.5. The van der Waals surface area contributed by atoms with Crippen LogP contribution in [0.5, 0.6) is 5.75 Å². The highest BCUT2D eigenvalue weighted by atomic mass is 19.1. The number of fused-ring (bicyclic) bond motifs is 2. The van der Waals surface area contributed by atoms with Gasteiger partial charge in [-0.1, -0.05) is 13.3 Å². The minimum Gasteiger partial charge on any atom is -0.492 e. The number of hydrogen-bond acceptors (Lipinski definition) is 14. The van der Waals surface area contributed by atoms with Gasteiger partial charge in [0, 0.05) is 93.7 Å². The van der Waals surface area contributed by atoms with Crippen molar-refractivity contribution < 1.29 is 37.4 Å². The maximum atomic E-state index is 14.8. The third-order valence-corrected chi connectivity index (χ3v) is 13.3. The van der Waals surface area contributed by atoms with Gasteiger partial charge in [0.25, 0.3) is 11.8 Å². The average Bonchev–Trinajstić information content (AvgIpc) is 3.95. The van der Waals surface area contributed by atoms with E-state index >= 15 is 0 Å². The van der Waals surface area contributed by atoms with E-state index in [1.165, 1.54) is 6.20 Å². The van der Waals surface area contributed by atoms with Gasteiger partial charge in [0.1, 0.15) is 35.3 Å². The van der Waals surface area contributed by atoms with Gasteiger partial charge < -0.3 is 40.5 Å². The molecule has 18 nitrogen and oxygen atoms in total. The Kier molecular flexibility index (Phi) is 15.7. The van der Waals surface area contributed by atoms with Crippen molar-refractivity contribution in [2.75, 3.05) is 82.0 Å². The average molecular weight is 973 g/mol. The van der Waals surface area contributed by atoms with Gasteiger partial charge in [0.2, 0.25) is 12.3 Å². The molecule has 0 bridgehead atoms. The molecular formula is C51H58F2N12O6. The van der Waals surface area contributed by atoms with Gasteiger partial charge in [0.05, 0.1) is 60.1 Å². The molecule has 8 rings (SSSR count). The normalized spacial score (nSPS) is 16.4. The number of nitrogens with two attached hydrogens (primary N) is 1. The van der Waals surface area contributed by atoms with E-state index in [0.29, 0.717) is 98.8 Å². The molecule has 3 aromatic heterocycles. The molecule has 5 aromatic rings. The van der Waals surface area contributed by atoms with Crippen LogP contribution in [0.3, 0.4) is 0 Å². The van der Waals surface area contributed by atoms with Crippen molar-refractivity contribution in [1.82, 2.24) is 40.3 Å². The van der Waals surface area contributed by atoms with Gasteiger partial charge in [-0.05, 0) is 86.3 Å². The van der Waals surface area contributed by atoms with E-state index in [4.69, 9.17) is 20.2 Å². The number of piperazine rings is 1. The molecule has 372 valence electrons. The highest BCUT2D eigenvalue weighted by molar-refractivity contribution is 6.02. The number of carbonyl (C=O) groups is 4. The maximum Gasteiger partial charge on any atom is 0.255 e. The van der Waals surface area contributed by atoms with Crippen LogP contribution in [0.25, 0.3) is 16.6 Å². The zero-order valence-electron chi connectivity index (χ0n) is 39.8. The molecule has 4 amide bonds. The second-order valence-electron chi connectivity index (χ2n) is 17.9. The van der Waals surface area contributed by atoms with E-state index in [2.05, 4.69) is 41.8 Å². The Morgan fingerprint density at radius 2 is 1.79 bits per heavy atom. The van der Waals surface area contributed by atoms with E-state index in [1.54, 1.807) is 28.0 Å². The number of halogens is 2. The van der Waals surface area contributed by atoms with Crippen molar-refractivity contribution in [3.8, 4) is 22.9 Å². The van der Waals surface area contributed by atoms with Crippen molar-refractivity contribution in [2.24, 2.45) is 5.73 Å². The van der Waals surface area contributed by atoms with Gasteiger partial charge in [0.15, 0.2) is 0 Å². The number of ether oxygens (including phenoxy) is 2. The van der Waals surface area contributed by atoms with Crippen molar-refractivity contribution in [2.45, 2.75) is 57.7 Å². The van der Waals surface area contributed by atoms with Crippen LogP contribution < -0.4 is 36.2 Å². The first-order valence-corrected chi connectivity index (χ1v) is 23.9. The quantitative estimate of drug-likeness (QED) is 0.0631. The number of hydrogen-bond donors (Lipinski definition) is 4. The van der Waals surface area contributed by atoms with E-state index in [0.717, 1.165) is 73.3 Å². The van der Waals surface area contributed by atoms with Crippen LogP contribution >= 0.6 is 0 Å². The molecule has 0 saturated carbocycles. The fourth-order valence-electron chi connectivity index (χ4n) is 9.52. The largest absolute Gasteiger partial charge is 0.492 e. The third-order valence-electron chi connectivity index (χ3n) is 13.3. The Morgan fingerprint density at radius 1 is 0.986 bits per heavy atom. The molecule has 0 spiro atoms. The monoisotopic (exact) mass is 972 g/mol. The number of aromatic nitrogens is 3. The van der Waals surface area contributed by atoms with Gasteiger partial charge in [-0.3, -0.25) is 29.4 Å². The molecule has 1 atom stereocenters. The van der Waals surface area contributed by atoms with Gasteiger partial charge in [-0.2, -0.15) is 10.4 Å². The second-order valence-corrected chi connectivity index (χ2v) is 17.9. The minimum atomic E-state index is -0.936. The van der Waals surface area contributed by atoms with Gasteiger partial charge >= 0.3 is 0 Å². The number of piperidine rings is 1. The number of nitrogens with zero attached hydrogens (tertiary/aromatic N) is 8. The smallest absolute Gasteiger partial charge is 0.255 e. The van der Waals surface area contributed by atoms with Crippen molar-refractivity contribution in [1.29, 1.82) is 5.26 Å². The predicted molar refractivity (Wildman–Crippen MR) is 261 cm³/mol. The highest BCUT2D eigenvalue weighted by Crippen LogP contribution is 2.34. The zero-order chi connectivity index (χ0) is 50.1. The molecule has 0 aliphatic carbocycles. The number of imide groups is 1. The number of amides is 4. The number of benzene rings is 2. The zero-order valence-corrected chi connectivity index (χ0v) is 39.8. The van der Waals surface area contributed by atoms with Crippen LogP contribution in [0.15, 0.2) is 85.1 Å². The van der Waals surface area contributed by atoms with Crippen LogP contribution in [0, 0.1) is 23.0 Å². The summed E-state index contributed by atoms with van der Waals surface area (Å²) in [5.74, 6) is -1.69. The Bertz CT molecular complexity index is 2820. The summed E-state index contributed by atoms with van der Waals surface area (Å²) in [6.07, 6.45) is 9.00. The number of rotatable bonds is 20. The SMILES string of the molecule is CCCC(C(=O)NC=O)N1Cc2cc(N3CCN(CCN/C=C(\N)COCC4(NC(=O)c5cc(F)ccc5F)CCN(c5ccc(-c6cc(OCC)cn7ncc(C#N)c67)cn5)CC4)CC3)ccc2C1=O. The summed E-state index contributed by atoms with van der Waals surface area (Å²) in [4.78, 5) is 63.3.